The molecule has 11 heavy (non-hydrogen) atoms. The molecule has 0 spiro atoms. The number of aryl methyl sites for hydroxylation is 2. The molecule has 0 saturated heterocycles. The van der Waals surface area contributed by atoms with E-state index in [4.69, 9.17) is 0 Å². The summed E-state index contributed by atoms with van der Waals surface area (Å²) < 4.78 is 2.24. The molecule has 0 aliphatic carbocycles. The number of hydrogen-bond acceptors (Lipinski definition) is 1. The maximum Gasteiger partial charge on any atom is 0.109 e. The third kappa shape index (κ3) is 1.09. The van der Waals surface area contributed by atoms with Crippen LogP contribution >= 0.6 is 0 Å². The van der Waals surface area contributed by atoms with E-state index in [-0.39, 0.29) is 0 Å². The molecule has 2 heteroatoms. The molecule has 1 aliphatic heterocycles. The first-order valence-corrected chi connectivity index (χ1v) is 4.08. The zero-order valence-electron chi connectivity index (χ0n) is 6.58. The Labute approximate surface area is 66.6 Å². The van der Waals surface area contributed by atoms with Gasteiger partial charge in [-0.25, -0.2) is 4.98 Å². The van der Waals surface area contributed by atoms with Gasteiger partial charge in [0.25, 0.3) is 0 Å². The lowest BCUT2D eigenvalue weighted by molar-refractivity contribution is 0.522. The van der Waals surface area contributed by atoms with E-state index in [1.165, 1.54) is 18.7 Å². The summed E-state index contributed by atoms with van der Waals surface area (Å²) in [6, 6.07) is 0. The number of nitrogens with zero attached hydrogens (tertiary/aromatic N) is 2. The quantitative estimate of drug-likeness (QED) is 0.594. The molecular formula is C9H12N2. The van der Waals surface area contributed by atoms with Gasteiger partial charge in [0.2, 0.25) is 0 Å². The molecular weight excluding hydrogens is 136 g/mol. The lowest BCUT2D eigenvalue weighted by atomic mass is 10.2. The van der Waals surface area contributed by atoms with Gasteiger partial charge in [0.1, 0.15) is 5.82 Å². The Balaban J connectivity index is 2.39. The van der Waals surface area contributed by atoms with Crippen molar-refractivity contribution in [2.75, 3.05) is 0 Å². The van der Waals surface area contributed by atoms with Gasteiger partial charge in [-0.15, -0.1) is 0 Å². The first-order chi connectivity index (χ1) is 5.40. The number of aromatic nitrogens is 2. The minimum atomic E-state index is 1.02. The molecule has 0 unspecified atom stereocenters. The minimum absolute atomic E-state index is 1.02. The maximum absolute atomic E-state index is 4.41. The summed E-state index contributed by atoms with van der Waals surface area (Å²) >= 11 is 0. The Morgan fingerprint density at radius 1 is 1.55 bits per heavy atom. The predicted molar refractivity (Wildman–Crippen MR) is 45.3 cm³/mol. The third-order valence-electron chi connectivity index (χ3n) is 2.14. The molecule has 0 radical (unpaired) electrons. The van der Waals surface area contributed by atoms with Crippen molar-refractivity contribution in [1.82, 2.24) is 9.55 Å². The highest BCUT2D eigenvalue weighted by Gasteiger charge is 2.09. The SMILES string of the molecule is C=Cc1cn2c(n1)CCCC2. The van der Waals surface area contributed by atoms with Crippen molar-refractivity contribution in [3.63, 3.8) is 0 Å². The van der Waals surface area contributed by atoms with Crippen LogP contribution in [-0.2, 0) is 13.0 Å². The van der Waals surface area contributed by atoms with Crippen molar-refractivity contribution in [3.05, 3.63) is 24.3 Å². The fourth-order valence-electron chi connectivity index (χ4n) is 1.53. The van der Waals surface area contributed by atoms with Gasteiger partial charge in [0.15, 0.2) is 0 Å². The number of hydrogen-bond donors (Lipinski definition) is 0. The molecule has 58 valence electrons. The van der Waals surface area contributed by atoms with Crippen LogP contribution in [0.5, 0.6) is 0 Å². The van der Waals surface area contributed by atoms with E-state index >= 15 is 0 Å². The Kier molecular flexibility index (Phi) is 1.53. The van der Waals surface area contributed by atoms with E-state index < -0.39 is 0 Å². The minimum Gasteiger partial charge on any atom is -0.334 e. The van der Waals surface area contributed by atoms with Crippen LogP contribution < -0.4 is 0 Å². The smallest absolute Gasteiger partial charge is 0.109 e. The van der Waals surface area contributed by atoms with Crippen molar-refractivity contribution >= 4 is 6.08 Å². The normalized spacial score (nSPS) is 16.0. The number of imidazole rings is 1. The molecule has 0 amide bonds. The van der Waals surface area contributed by atoms with Gasteiger partial charge in [-0.3, -0.25) is 0 Å². The standard InChI is InChI=1S/C9H12N2/c1-2-8-7-11-6-4-3-5-9(11)10-8/h2,7H,1,3-6H2. The second-order valence-electron chi connectivity index (χ2n) is 2.94. The van der Waals surface area contributed by atoms with Gasteiger partial charge in [0.05, 0.1) is 5.69 Å². The Morgan fingerprint density at radius 2 is 2.45 bits per heavy atom. The monoisotopic (exact) mass is 148 g/mol. The first kappa shape index (κ1) is 6.65. The van der Waals surface area contributed by atoms with Crippen molar-refractivity contribution in [2.24, 2.45) is 0 Å². The first-order valence-electron chi connectivity index (χ1n) is 4.08. The van der Waals surface area contributed by atoms with Crippen molar-refractivity contribution < 1.29 is 0 Å². The summed E-state index contributed by atoms with van der Waals surface area (Å²) in [5, 5.41) is 0. The fourth-order valence-corrected chi connectivity index (χ4v) is 1.53. The highest BCUT2D eigenvalue weighted by Crippen LogP contribution is 2.14. The van der Waals surface area contributed by atoms with E-state index in [1.807, 2.05) is 6.08 Å². The molecule has 2 nitrogen and oxygen atoms in total. The highest BCUT2D eigenvalue weighted by atomic mass is 15.1. The fraction of sp³-hybridized carbons (Fsp3) is 0.444. The second-order valence-corrected chi connectivity index (χ2v) is 2.94. The zero-order chi connectivity index (χ0) is 7.68. The van der Waals surface area contributed by atoms with Crippen molar-refractivity contribution in [2.45, 2.75) is 25.8 Å². The van der Waals surface area contributed by atoms with Crippen LogP contribution in [0.2, 0.25) is 0 Å². The lowest BCUT2D eigenvalue weighted by Gasteiger charge is -2.11. The molecule has 2 rings (SSSR count). The van der Waals surface area contributed by atoms with Gasteiger partial charge >= 0.3 is 0 Å². The Morgan fingerprint density at radius 3 is 3.18 bits per heavy atom. The third-order valence-corrected chi connectivity index (χ3v) is 2.14. The van der Waals surface area contributed by atoms with Gasteiger partial charge in [-0.1, -0.05) is 6.58 Å². The number of fused-ring (bicyclic) bond motifs is 1. The lowest BCUT2D eigenvalue weighted by Crippen LogP contribution is -2.08. The molecule has 0 atom stereocenters. The molecule has 1 aliphatic rings. The molecule has 0 bridgehead atoms. The average molecular weight is 148 g/mol. The summed E-state index contributed by atoms with van der Waals surface area (Å²) in [6.07, 6.45) is 7.61. The largest absolute Gasteiger partial charge is 0.334 e. The van der Waals surface area contributed by atoms with Crippen LogP contribution in [0, 0.1) is 0 Å². The summed E-state index contributed by atoms with van der Waals surface area (Å²) in [6.45, 7) is 4.83. The summed E-state index contributed by atoms with van der Waals surface area (Å²) in [7, 11) is 0. The second kappa shape index (κ2) is 2.53. The van der Waals surface area contributed by atoms with E-state index in [2.05, 4.69) is 22.3 Å². The predicted octanol–water partition coefficient (Wildman–Crippen LogP) is 1.86. The molecule has 1 aromatic rings. The van der Waals surface area contributed by atoms with E-state index in [9.17, 15) is 0 Å². The van der Waals surface area contributed by atoms with Crippen LogP contribution in [0.15, 0.2) is 12.8 Å². The van der Waals surface area contributed by atoms with Gasteiger partial charge < -0.3 is 4.57 Å². The van der Waals surface area contributed by atoms with Crippen LogP contribution in [0.3, 0.4) is 0 Å². The van der Waals surface area contributed by atoms with Gasteiger partial charge in [-0.2, -0.15) is 0 Å². The average Bonchev–Trinajstić information content (AvgIpc) is 2.46. The molecule has 0 N–H and O–H groups in total. The van der Waals surface area contributed by atoms with E-state index in [1.54, 1.807) is 0 Å². The summed E-state index contributed by atoms with van der Waals surface area (Å²) in [5.74, 6) is 1.23. The highest BCUT2D eigenvalue weighted by molar-refractivity contribution is 5.40. The Hall–Kier alpha value is -1.05. The van der Waals surface area contributed by atoms with Crippen LogP contribution in [0.25, 0.3) is 6.08 Å². The maximum atomic E-state index is 4.41. The van der Waals surface area contributed by atoms with E-state index in [0.717, 1.165) is 18.7 Å². The topological polar surface area (TPSA) is 17.8 Å². The molecule has 0 fully saturated rings. The zero-order valence-corrected chi connectivity index (χ0v) is 6.58. The van der Waals surface area contributed by atoms with Crippen LogP contribution in [0.4, 0.5) is 0 Å². The molecule has 0 saturated carbocycles. The summed E-state index contributed by atoms with van der Waals surface area (Å²) in [5.41, 5.74) is 1.02. The van der Waals surface area contributed by atoms with Gasteiger partial charge in [0, 0.05) is 19.2 Å². The molecule has 2 heterocycles. The summed E-state index contributed by atoms with van der Waals surface area (Å²) in [4.78, 5) is 4.41. The number of rotatable bonds is 1. The van der Waals surface area contributed by atoms with Crippen molar-refractivity contribution in [3.8, 4) is 0 Å². The van der Waals surface area contributed by atoms with Crippen LogP contribution in [-0.4, -0.2) is 9.55 Å². The van der Waals surface area contributed by atoms with Gasteiger partial charge in [-0.05, 0) is 18.9 Å². The Bertz CT molecular complexity index is 250. The van der Waals surface area contributed by atoms with Crippen LogP contribution in [0.1, 0.15) is 24.4 Å². The van der Waals surface area contributed by atoms with Crippen molar-refractivity contribution in [1.29, 1.82) is 0 Å². The van der Waals surface area contributed by atoms with E-state index in [0.29, 0.717) is 0 Å². The molecule has 0 aromatic carbocycles. The molecule has 1 aromatic heterocycles.